The molecule has 2 N–H and O–H groups in total. The highest BCUT2D eigenvalue weighted by Crippen LogP contribution is 2.28. The van der Waals surface area contributed by atoms with Crippen LogP contribution >= 0.6 is 0 Å². The van der Waals surface area contributed by atoms with Gasteiger partial charge < -0.3 is 10.5 Å². The third kappa shape index (κ3) is 1.73. The van der Waals surface area contributed by atoms with Crippen molar-refractivity contribution in [2.24, 2.45) is 0 Å². The number of carbonyl (C=O) groups excluding carboxylic acids is 2. The molecule has 0 bridgehead atoms. The number of pyridine rings is 1. The van der Waals surface area contributed by atoms with Crippen LogP contribution in [0, 0.1) is 5.41 Å². The van der Waals surface area contributed by atoms with Crippen LogP contribution in [0.15, 0.2) is 24.0 Å². The molecule has 92 valence electrons. The summed E-state index contributed by atoms with van der Waals surface area (Å²) in [6, 6.07) is 1.47. The first-order valence-electron chi connectivity index (χ1n) is 5.62. The highest BCUT2D eigenvalue weighted by molar-refractivity contribution is 6.57. The normalized spacial score (nSPS) is 14.7. The monoisotopic (exact) mass is 244 g/mol. The number of aliphatic hydroxyl groups excluding tert-OH is 1. The predicted octanol–water partition coefficient (Wildman–Crippen LogP) is 1.94. The summed E-state index contributed by atoms with van der Waals surface area (Å²) in [7, 11) is 0. The van der Waals surface area contributed by atoms with Gasteiger partial charge in [-0.15, -0.1) is 0 Å². The number of nitrogens with one attached hydrogen (secondary N) is 1. The molecule has 0 aliphatic heterocycles. The molecule has 1 heterocycles. The number of aliphatic hydroxyl groups is 1. The van der Waals surface area contributed by atoms with Crippen molar-refractivity contribution >= 4 is 23.0 Å². The van der Waals surface area contributed by atoms with Gasteiger partial charge in [-0.2, -0.15) is 0 Å². The third-order valence-corrected chi connectivity index (χ3v) is 2.79. The zero-order valence-electron chi connectivity index (χ0n) is 9.86. The second-order valence-electron chi connectivity index (χ2n) is 4.03. The van der Waals surface area contributed by atoms with Crippen LogP contribution in [-0.2, 0) is 4.79 Å². The van der Waals surface area contributed by atoms with Gasteiger partial charge >= 0.3 is 0 Å². The Morgan fingerprint density at radius 1 is 1.33 bits per heavy atom. The Labute approximate surface area is 104 Å². The standard InChI is InChI=1S/C13H12N2O3/c1-2-3-9(14)10-11(16)7-4-5-15-6-8(7)12(17)13(10)18/h4-6,14,16H,2-3H2,1H3. The fourth-order valence-corrected chi connectivity index (χ4v) is 1.91. The lowest BCUT2D eigenvalue weighted by atomic mass is 9.86. The molecule has 1 aromatic rings. The van der Waals surface area contributed by atoms with Gasteiger partial charge in [0.2, 0.25) is 11.6 Å². The maximum Gasteiger partial charge on any atom is 0.239 e. The fourth-order valence-electron chi connectivity index (χ4n) is 1.91. The van der Waals surface area contributed by atoms with Crippen LogP contribution < -0.4 is 0 Å². The van der Waals surface area contributed by atoms with Gasteiger partial charge in [-0.25, -0.2) is 0 Å². The molecule has 0 saturated carbocycles. The number of hydrogen-bond donors (Lipinski definition) is 2. The van der Waals surface area contributed by atoms with Crippen molar-refractivity contribution in [2.45, 2.75) is 19.8 Å². The van der Waals surface area contributed by atoms with Gasteiger partial charge in [0.05, 0.1) is 11.1 Å². The average Bonchev–Trinajstić information content (AvgIpc) is 2.37. The van der Waals surface area contributed by atoms with Crippen molar-refractivity contribution in [1.82, 2.24) is 4.98 Å². The molecule has 0 amide bonds. The van der Waals surface area contributed by atoms with Gasteiger partial charge in [0.25, 0.3) is 0 Å². The first kappa shape index (κ1) is 12.2. The number of allylic oxidation sites excluding steroid dienone is 1. The van der Waals surface area contributed by atoms with E-state index in [2.05, 4.69) is 4.98 Å². The molecular formula is C13H12N2O3. The summed E-state index contributed by atoms with van der Waals surface area (Å²) in [4.78, 5) is 27.5. The molecule has 0 fully saturated rings. The number of rotatable bonds is 3. The molecule has 1 aliphatic rings. The molecule has 1 aliphatic carbocycles. The van der Waals surface area contributed by atoms with Gasteiger partial charge in [0.15, 0.2) is 0 Å². The van der Waals surface area contributed by atoms with Crippen LogP contribution in [-0.4, -0.2) is 27.4 Å². The number of hydrogen-bond acceptors (Lipinski definition) is 5. The Hall–Kier alpha value is -2.30. The van der Waals surface area contributed by atoms with E-state index in [4.69, 9.17) is 5.41 Å². The van der Waals surface area contributed by atoms with Crippen LogP contribution in [0.5, 0.6) is 0 Å². The van der Waals surface area contributed by atoms with Crippen molar-refractivity contribution in [3.8, 4) is 0 Å². The van der Waals surface area contributed by atoms with Gasteiger partial charge in [-0.1, -0.05) is 13.3 Å². The summed E-state index contributed by atoms with van der Waals surface area (Å²) in [6.07, 6.45) is 3.70. The third-order valence-electron chi connectivity index (χ3n) is 2.79. The highest BCUT2D eigenvalue weighted by Gasteiger charge is 2.34. The van der Waals surface area contributed by atoms with E-state index < -0.39 is 11.6 Å². The minimum atomic E-state index is -0.827. The van der Waals surface area contributed by atoms with Crippen molar-refractivity contribution < 1.29 is 14.7 Å². The second kappa shape index (κ2) is 4.52. The average molecular weight is 244 g/mol. The maximum absolute atomic E-state index is 11.9. The minimum Gasteiger partial charge on any atom is -0.506 e. The predicted molar refractivity (Wildman–Crippen MR) is 65.8 cm³/mol. The molecule has 0 aromatic carbocycles. The molecule has 5 nitrogen and oxygen atoms in total. The zero-order valence-corrected chi connectivity index (χ0v) is 9.86. The number of Topliss-reactive ketones (excluding diaryl/α,β-unsaturated/α-hetero) is 2. The highest BCUT2D eigenvalue weighted by atomic mass is 16.3. The Morgan fingerprint density at radius 2 is 2.06 bits per heavy atom. The molecule has 1 aromatic heterocycles. The summed E-state index contributed by atoms with van der Waals surface area (Å²) >= 11 is 0. The molecule has 5 heteroatoms. The number of nitrogens with zero attached hydrogens (tertiary/aromatic N) is 1. The Morgan fingerprint density at radius 3 is 2.72 bits per heavy atom. The van der Waals surface area contributed by atoms with Gasteiger partial charge in [-0.3, -0.25) is 14.6 Å². The van der Waals surface area contributed by atoms with E-state index in [0.29, 0.717) is 12.8 Å². The van der Waals surface area contributed by atoms with Crippen LogP contribution in [0.1, 0.15) is 35.7 Å². The Balaban J connectivity index is 2.62. The van der Waals surface area contributed by atoms with Crippen molar-refractivity contribution in [1.29, 1.82) is 5.41 Å². The van der Waals surface area contributed by atoms with E-state index >= 15 is 0 Å². The van der Waals surface area contributed by atoms with E-state index in [9.17, 15) is 14.7 Å². The molecule has 2 rings (SSSR count). The molecule has 0 saturated heterocycles. The summed E-state index contributed by atoms with van der Waals surface area (Å²) in [5.74, 6) is -1.84. The Kier molecular flexibility index (Phi) is 3.06. The first-order valence-corrected chi connectivity index (χ1v) is 5.62. The fraction of sp³-hybridized carbons (Fsp3) is 0.231. The minimum absolute atomic E-state index is 0.00388. The largest absolute Gasteiger partial charge is 0.506 e. The summed E-state index contributed by atoms with van der Waals surface area (Å²) < 4.78 is 0. The lowest BCUT2D eigenvalue weighted by molar-refractivity contribution is -0.111. The van der Waals surface area contributed by atoms with Crippen molar-refractivity contribution in [3.63, 3.8) is 0 Å². The summed E-state index contributed by atoms with van der Waals surface area (Å²) in [6.45, 7) is 1.86. The quantitative estimate of drug-likeness (QED) is 0.627. The Bertz CT molecular complexity index is 588. The van der Waals surface area contributed by atoms with Crippen LogP contribution in [0.2, 0.25) is 0 Å². The summed E-state index contributed by atoms with van der Waals surface area (Å²) in [5.41, 5.74) is 0.176. The molecule has 0 unspecified atom stereocenters. The topological polar surface area (TPSA) is 91.1 Å². The van der Waals surface area contributed by atoms with Crippen LogP contribution in [0.25, 0.3) is 5.76 Å². The lowest BCUT2D eigenvalue weighted by Gasteiger charge is -2.17. The first-order chi connectivity index (χ1) is 8.57. The van der Waals surface area contributed by atoms with Crippen LogP contribution in [0.3, 0.4) is 0 Å². The number of fused-ring (bicyclic) bond motifs is 1. The van der Waals surface area contributed by atoms with E-state index in [1.165, 1.54) is 18.5 Å². The zero-order chi connectivity index (χ0) is 13.3. The molecular weight excluding hydrogens is 232 g/mol. The van der Waals surface area contributed by atoms with Crippen LogP contribution in [0.4, 0.5) is 0 Å². The number of carbonyl (C=O) groups is 2. The van der Waals surface area contributed by atoms with Gasteiger partial charge in [0.1, 0.15) is 5.76 Å². The van der Waals surface area contributed by atoms with Crippen molar-refractivity contribution in [2.75, 3.05) is 0 Å². The molecule has 0 radical (unpaired) electrons. The van der Waals surface area contributed by atoms with E-state index in [1.807, 2.05) is 6.92 Å². The summed E-state index contributed by atoms with van der Waals surface area (Å²) in [5, 5.41) is 17.8. The molecule has 0 atom stereocenters. The lowest BCUT2D eigenvalue weighted by Crippen LogP contribution is -2.28. The molecule has 0 spiro atoms. The smallest absolute Gasteiger partial charge is 0.239 e. The number of ketones is 2. The van der Waals surface area contributed by atoms with E-state index in [-0.39, 0.29) is 28.2 Å². The van der Waals surface area contributed by atoms with E-state index in [0.717, 1.165) is 0 Å². The van der Waals surface area contributed by atoms with Crippen molar-refractivity contribution in [3.05, 3.63) is 35.2 Å². The maximum atomic E-state index is 11.9. The molecule has 18 heavy (non-hydrogen) atoms. The SMILES string of the molecule is CCCC(=N)C1=C(O)c2ccncc2C(=O)C1=O. The van der Waals surface area contributed by atoms with E-state index in [1.54, 1.807) is 0 Å². The van der Waals surface area contributed by atoms with Gasteiger partial charge in [-0.05, 0) is 12.5 Å². The number of aromatic nitrogens is 1. The second-order valence-corrected chi connectivity index (χ2v) is 4.03. The van der Waals surface area contributed by atoms with Gasteiger partial charge in [0, 0.05) is 23.7 Å².